The van der Waals surface area contributed by atoms with Gasteiger partial charge >= 0.3 is 0 Å². The lowest BCUT2D eigenvalue weighted by Gasteiger charge is -2.36. The summed E-state index contributed by atoms with van der Waals surface area (Å²) in [5, 5.41) is 7.08. The maximum Gasteiger partial charge on any atom is 0.254 e. The molecular weight excluding hydrogens is 286 g/mol. The number of rotatable bonds is 2. The van der Waals surface area contributed by atoms with Gasteiger partial charge in [0.2, 0.25) is 5.91 Å². The summed E-state index contributed by atoms with van der Waals surface area (Å²) >= 11 is 1.54. The molecule has 1 aromatic heterocycles. The molecule has 0 saturated carbocycles. The topological polar surface area (TPSA) is 52.7 Å². The zero-order chi connectivity index (χ0) is 14.8. The first-order valence-electron chi connectivity index (χ1n) is 7.48. The van der Waals surface area contributed by atoms with E-state index < -0.39 is 0 Å². The van der Waals surface area contributed by atoms with Crippen molar-refractivity contribution >= 4 is 23.2 Å². The second-order valence-electron chi connectivity index (χ2n) is 5.87. The lowest BCUT2D eigenvalue weighted by atomic mass is 9.96. The molecule has 2 aliphatic rings. The van der Waals surface area contributed by atoms with E-state index >= 15 is 0 Å². The molecule has 0 spiro atoms. The van der Waals surface area contributed by atoms with Crippen LogP contribution in [-0.2, 0) is 4.79 Å². The first kappa shape index (κ1) is 14.5. The molecule has 5 nitrogen and oxygen atoms in total. The Balaban J connectivity index is 1.55. The quantitative estimate of drug-likeness (QED) is 0.883. The van der Waals surface area contributed by atoms with Gasteiger partial charge in [-0.25, -0.2) is 0 Å². The summed E-state index contributed by atoms with van der Waals surface area (Å²) in [7, 11) is 0. The fourth-order valence-electron chi connectivity index (χ4n) is 3.07. The predicted molar refractivity (Wildman–Crippen MR) is 82.3 cm³/mol. The molecular formula is C15H21N3O2S. The Bertz CT molecular complexity index is 509. The van der Waals surface area contributed by atoms with Gasteiger partial charge in [-0.2, -0.15) is 11.3 Å². The van der Waals surface area contributed by atoms with Crippen LogP contribution in [0.5, 0.6) is 0 Å². The number of nitrogens with zero attached hydrogens (tertiary/aromatic N) is 2. The van der Waals surface area contributed by atoms with Crippen molar-refractivity contribution in [2.24, 2.45) is 11.8 Å². The van der Waals surface area contributed by atoms with Gasteiger partial charge in [0.05, 0.1) is 11.5 Å². The van der Waals surface area contributed by atoms with E-state index in [1.165, 1.54) is 11.3 Å². The molecule has 0 bridgehead atoms. The zero-order valence-corrected chi connectivity index (χ0v) is 13.1. The Morgan fingerprint density at radius 2 is 1.90 bits per heavy atom. The van der Waals surface area contributed by atoms with Crippen LogP contribution in [0.2, 0.25) is 0 Å². The van der Waals surface area contributed by atoms with Gasteiger partial charge in [-0.05, 0) is 23.9 Å². The van der Waals surface area contributed by atoms with Crippen molar-refractivity contribution in [1.82, 2.24) is 15.1 Å². The van der Waals surface area contributed by atoms with Gasteiger partial charge in [-0.1, -0.05) is 6.92 Å². The standard InChI is InChI=1S/C15H21N3O2S/c1-11-8-16-9-13(11)15(20)18-5-3-17(4-6-18)14(19)12-2-7-21-10-12/h2,7,10-11,13,16H,3-6,8-9H2,1H3. The van der Waals surface area contributed by atoms with Gasteiger partial charge in [0.1, 0.15) is 0 Å². The summed E-state index contributed by atoms with van der Waals surface area (Å²) in [5.74, 6) is 0.835. The van der Waals surface area contributed by atoms with Crippen LogP contribution in [-0.4, -0.2) is 60.9 Å². The molecule has 3 rings (SSSR count). The summed E-state index contributed by atoms with van der Waals surface area (Å²) in [6.45, 7) is 6.40. The smallest absolute Gasteiger partial charge is 0.254 e. The van der Waals surface area contributed by atoms with E-state index in [1.807, 2.05) is 26.6 Å². The van der Waals surface area contributed by atoms with Gasteiger partial charge in [0.15, 0.2) is 0 Å². The second kappa shape index (κ2) is 6.15. The molecule has 0 aliphatic carbocycles. The highest BCUT2D eigenvalue weighted by Gasteiger charge is 2.34. The van der Waals surface area contributed by atoms with Crippen molar-refractivity contribution < 1.29 is 9.59 Å². The van der Waals surface area contributed by atoms with Crippen molar-refractivity contribution in [2.75, 3.05) is 39.3 Å². The molecule has 114 valence electrons. The van der Waals surface area contributed by atoms with Gasteiger partial charge < -0.3 is 15.1 Å². The molecule has 2 unspecified atom stereocenters. The maximum atomic E-state index is 12.5. The van der Waals surface area contributed by atoms with Crippen LogP contribution in [0.15, 0.2) is 16.8 Å². The Hall–Kier alpha value is -1.40. The highest BCUT2D eigenvalue weighted by molar-refractivity contribution is 7.08. The molecule has 1 N–H and O–H groups in total. The van der Waals surface area contributed by atoms with Crippen LogP contribution in [0.1, 0.15) is 17.3 Å². The number of hydrogen-bond donors (Lipinski definition) is 1. The van der Waals surface area contributed by atoms with Crippen molar-refractivity contribution in [1.29, 1.82) is 0 Å². The molecule has 3 heterocycles. The first-order valence-corrected chi connectivity index (χ1v) is 8.42. The average Bonchev–Trinajstić information content (AvgIpc) is 3.17. The third-order valence-electron chi connectivity index (χ3n) is 4.48. The lowest BCUT2D eigenvalue weighted by molar-refractivity contribution is -0.137. The first-order chi connectivity index (χ1) is 10.2. The molecule has 21 heavy (non-hydrogen) atoms. The van der Waals surface area contributed by atoms with Crippen LogP contribution >= 0.6 is 11.3 Å². The molecule has 6 heteroatoms. The summed E-state index contributed by atoms with van der Waals surface area (Å²) in [6.07, 6.45) is 0. The van der Waals surface area contributed by atoms with Crippen molar-refractivity contribution in [3.8, 4) is 0 Å². The molecule has 1 aromatic rings. The SMILES string of the molecule is CC1CNCC1C(=O)N1CCN(C(=O)c2ccsc2)CC1. The third kappa shape index (κ3) is 2.96. The van der Waals surface area contributed by atoms with Crippen LogP contribution < -0.4 is 5.32 Å². The van der Waals surface area contributed by atoms with Gasteiger partial charge in [-0.15, -0.1) is 0 Å². The minimum absolute atomic E-state index is 0.0826. The largest absolute Gasteiger partial charge is 0.339 e. The molecule has 2 atom stereocenters. The van der Waals surface area contributed by atoms with Crippen LogP contribution in [0.25, 0.3) is 0 Å². The van der Waals surface area contributed by atoms with Gasteiger partial charge in [0.25, 0.3) is 5.91 Å². The van der Waals surface area contributed by atoms with E-state index in [0.29, 0.717) is 32.1 Å². The number of carbonyl (C=O) groups is 2. The zero-order valence-electron chi connectivity index (χ0n) is 12.2. The maximum absolute atomic E-state index is 12.5. The monoisotopic (exact) mass is 307 g/mol. The highest BCUT2D eigenvalue weighted by atomic mass is 32.1. The van der Waals surface area contributed by atoms with Crippen molar-refractivity contribution in [3.63, 3.8) is 0 Å². The van der Waals surface area contributed by atoms with E-state index in [2.05, 4.69) is 12.2 Å². The lowest BCUT2D eigenvalue weighted by Crippen LogP contribution is -2.52. The number of piperazine rings is 1. The Labute approximate surface area is 128 Å². The number of amides is 2. The minimum atomic E-state index is 0.0826. The van der Waals surface area contributed by atoms with Gasteiger partial charge in [-0.3, -0.25) is 9.59 Å². The third-order valence-corrected chi connectivity index (χ3v) is 5.16. The number of hydrogen-bond acceptors (Lipinski definition) is 4. The fourth-order valence-corrected chi connectivity index (χ4v) is 3.70. The molecule has 0 radical (unpaired) electrons. The average molecular weight is 307 g/mol. The highest BCUT2D eigenvalue weighted by Crippen LogP contribution is 2.20. The van der Waals surface area contributed by atoms with Crippen LogP contribution in [0, 0.1) is 11.8 Å². The van der Waals surface area contributed by atoms with Crippen molar-refractivity contribution in [2.45, 2.75) is 6.92 Å². The molecule has 0 aromatic carbocycles. The van der Waals surface area contributed by atoms with Crippen LogP contribution in [0.3, 0.4) is 0 Å². The summed E-state index contributed by atoms with van der Waals surface area (Å²) in [6, 6.07) is 1.86. The van der Waals surface area contributed by atoms with E-state index in [-0.39, 0.29) is 17.7 Å². The van der Waals surface area contributed by atoms with Crippen molar-refractivity contribution in [3.05, 3.63) is 22.4 Å². The Morgan fingerprint density at radius 3 is 2.48 bits per heavy atom. The molecule has 2 amide bonds. The van der Waals surface area contributed by atoms with E-state index in [9.17, 15) is 9.59 Å². The summed E-state index contributed by atoms with van der Waals surface area (Å²) < 4.78 is 0. The normalized spacial score (nSPS) is 26.1. The summed E-state index contributed by atoms with van der Waals surface area (Å²) in [4.78, 5) is 28.5. The number of nitrogens with one attached hydrogen (secondary N) is 1. The number of carbonyl (C=O) groups excluding carboxylic acids is 2. The van der Waals surface area contributed by atoms with E-state index in [1.54, 1.807) is 0 Å². The van der Waals surface area contributed by atoms with Crippen LogP contribution in [0.4, 0.5) is 0 Å². The van der Waals surface area contributed by atoms with E-state index in [4.69, 9.17) is 0 Å². The molecule has 2 saturated heterocycles. The predicted octanol–water partition coefficient (Wildman–Crippen LogP) is 0.888. The number of thiophene rings is 1. The van der Waals surface area contributed by atoms with E-state index in [0.717, 1.165) is 18.7 Å². The summed E-state index contributed by atoms with van der Waals surface area (Å²) in [5.41, 5.74) is 0.758. The van der Waals surface area contributed by atoms with Gasteiger partial charge in [0, 0.05) is 38.1 Å². The molecule has 2 aliphatic heterocycles. The second-order valence-corrected chi connectivity index (χ2v) is 6.65. The fraction of sp³-hybridized carbons (Fsp3) is 0.600. The Kier molecular flexibility index (Phi) is 4.26. The molecule has 2 fully saturated rings. The minimum Gasteiger partial charge on any atom is -0.339 e. The Morgan fingerprint density at radius 1 is 1.19 bits per heavy atom.